The summed E-state index contributed by atoms with van der Waals surface area (Å²) in [7, 11) is 1.35. The highest BCUT2D eigenvalue weighted by Gasteiger charge is 2.45. The molecule has 0 fully saturated rings. The molecule has 204 valence electrons. The van der Waals surface area contributed by atoms with E-state index in [4.69, 9.17) is 9.47 Å². The number of ether oxygens (including phenoxy) is 2. The lowest BCUT2D eigenvalue weighted by Gasteiger charge is -2.27. The van der Waals surface area contributed by atoms with Gasteiger partial charge in [-0.1, -0.05) is 38.1 Å². The number of imide groups is 1. The Balaban J connectivity index is 1.58. The van der Waals surface area contributed by atoms with E-state index in [1.165, 1.54) is 49.6 Å². The van der Waals surface area contributed by atoms with Gasteiger partial charge < -0.3 is 9.47 Å². The van der Waals surface area contributed by atoms with Crippen LogP contribution in [0.5, 0.6) is 11.5 Å². The van der Waals surface area contributed by atoms with Gasteiger partial charge in [0.2, 0.25) is 0 Å². The van der Waals surface area contributed by atoms with Crippen molar-refractivity contribution in [3.63, 3.8) is 0 Å². The summed E-state index contributed by atoms with van der Waals surface area (Å²) < 4.78 is 10.9. The number of rotatable bonds is 9. The first-order valence-electron chi connectivity index (χ1n) is 12.0. The fourth-order valence-electron chi connectivity index (χ4n) is 4.31. The van der Waals surface area contributed by atoms with E-state index >= 15 is 0 Å². The Morgan fingerprint density at radius 1 is 0.875 bits per heavy atom. The molecule has 1 atom stereocenters. The second-order valence-corrected chi connectivity index (χ2v) is 9.14. The molecule has 1 aliphatic heterocycles. The van der Waals surface area contributed by atoms with Gasteiger partial charge in [-0.15, -0.1) is 0 Å². The molecule has 3 aromatic rings. The third-order valence-corrected chi connectivity index (χ3v) is 6.25. The number of methoxy groups -OCH3 is 1. The van der Waals surface area contributed by atoms with Crippen molar-refractivity contribution in [3.8, 4) is 11.5 Å². The maximum atomic E-state index is 13.3. The molecular formula is C28H23N3O9. The Labute approximate surface area is 227 Å². The summed E-state index contributed by atoms with van der Waals surface area (Å²) in [6.07, 6.45) is 2.94. The lowest BCUT2D eigenvalue weighted by atomic mass is 10.0. The highest BCUT2D eigenvalue weighted by Crippen LogP contribution is 2.33. The average Bonchev–Trinajstić information content (AvgIpc) is 3.17. The topological polar surface area (TPSA) is 159 Å². The normalized spacial score (nSPS) is 13.4. The molecule has 12 nitrogen and oxygen atoms in total. The van der Waals surface area contributed by atoms with Crippen LogP contribution in [0.1, 0.15) is 45.7 Å². The minimum absolute atomic E-state index is 0.0354. The fourth-order valence-corrected chi connectivity index (χ4v) is 4.31. The van der Waals surface area contributed by atoms with E-state index in [9.17, 15) is 34.6 Å². The van der Waals surface area contributed by atoms with Crippen molar-refractivity contribution in [1.29, 1.82) is 0 Å². The smallest absolute Gasteiger partial charge is 0.335 e. The summed E-state index contributed by atoms with van der Waals surface area (Å²) in [6, 6.07) is 13.0. The predicted octanol–water partition coefficient (Wildman–Crippen LogP) is 4.91. The number of amides is 2. The molecule has 1 heterocycles. The van der Waals surface area contributed by atoms with Crippen LogP contribution in [0.15, 0.2) is 60.7 Å². The van der Waals surface area contributed by atoms with Crippen LogP contribution in [0.2, 0.25) is 0 Å². The summed E-state index contributed by atoms with van der Waals surface area (Å²) in [5.74, 6) is -2.26. The monoisotopic (exact) mass is 545 g/mol. The molecule has 0 spiro atoms. The van der Waals surface area contributed by atoms with Gasteiger partial charge in [0.25, 0.3) is 23.2 Å². The number of esters is 1. The Kier molecular flexibility index (Phi) is 7.71. The van der Waals surface area contributed by atoms with Crippen molar-refractivity contribution in [1.82, 2.24) is 4.90 Å². The van der Waals surface area contributed by atoms with Crippen LogP contribution in [0.3, 0.4) is 0 Å². The number of hydrogen-bond donors (Lipinski definition) is 0. The van der Waals surface area contributed by atoms with Gasteiger partial charge in [0, 0.05) is 6.07 Å². The molecule has 0 aromatic heterocycles. The van der Waals surface area contributed by atoms with Crippen molar-refractivity contribution < 1.29 is 33.7 Å². The SMILES string of the molecule is COc1cc(C=Cc2ccc([N+](=O)[O-])cc2[N+](=O)[O-])ccc1OC(=O)C(C(C)C)N1C(=O)c2ccccc2C1=O. The van der Waals surface area contributed by atoms with Crippen molar-refractivity contribution >= 4 is 41.3 Å². The van der Waals surface area contributed by atoms with E-state index < -0.39 is 51.0 Å². The number of fused-ring (bicyclic) bond motifs is 1. The standard InChI is InChI=1S/C28H23N3O9/c1-16(2)25(29-26(32)20-6-4-5-7-21(20)27(29)33)28(34)40-23-13-9-17(14-24(23)39-3)8-10-18-11-12-19(30(35)36)15-22(18)31(37)38/h4-16,25H,1-3H3. The van der Waals surface area contributed by atoms with Gasteiger partial charge in [0.15, 0.2) is 11.5 Å². The molecule has 0 aliphatic carbocycles. The summed E-state index contributed by atoms with van der Waals surface area (Å²) in [6.45, 7) is 3.38. The lowest BCUT2D eigenvalue weighted by molar-refractivity contribution is -0.394. The highest BCUT2D eigenvalue weighted by molar-refractivity contribution is 6.22. The lowest BCUT2D eigenvalue weighted by Crippen LogP contribution is -2.49. The number of nitro groups is 2. The van der Waals surface area contributed by atoms with Gasteiger partial charge >= 0.3 is 5.97 Å². The molecule has 0 saturated heterocycles. The molecule has 0 saturated carbocycles. The molecule has 2 amide bonds. The van der Waals surface area contributed by atoms with E-state index in [2.05, 4.69) is 0 Å². The van der Waals surface area contributed by atoms with Crippen molar-refractivity contribution in [3.05, 3.63) is 103 Å². The van der Waals surface area contributed by atoms with Crippen molar-refractivity contribution in [2.45, 2.75) is 19.9 Å². The third-order valence-electron chi connectivity index (χ3n) is 6.25. The van der Waals surface area contributed by atoms with Crippen LogP contribution in [-0.4, -0.2) is 45.7 Å². The van der Waals surface area contributed by atoms with Gasteiger partial charge in [0.05, 0.1) is 39.7 Å². The number of carbonyl (C=O) groups is 3. The average molecular weight is 546 g/mol. The van der Waals surface area contributed by atoms with Crippen LogP contribution in [0, 0.1) is 26.1 Å². The van der Waals surface area contributed by atoms with Gasteiger partial charge in [0.1, 0.15) is 6.04 Å². The zero-order valence-corrected chi connectivity index (χ0v) is 21.6. The van der Waals surface area contributed by atoms with E-state index in [-0.39, 0.29) is 28.2 Å². The van der Waals surface area contributed by atoms with Gasteiger partial charge in [-0.2, -0.15) is 0 Å². The van der Waals surface area contributed by atoms with E-state index in [1.54, 1.807) is 32.0 Å². The zero-order chi connectivity index (χ0) is 29.1. The number of nitro benzene ring substituents is 2. The molecule has 0 bridgehead atoms. The first-order valence-corrected chi connectivity index (χ1v) is 12.0. The summed E-state index contributed by atoms with van der Waals surface area (Å²) in [5, 5.41) is 22.4. The molecule has 4 rings (SSSR count). The van der Waals surface area contributed by atoms with Crippen LogP contribution in [0.4, 0.5) is 11.4 Å². The second-order valence-electron chi connectivity index (χ2n) is 9.14. The van der Waals surface area contributed by atoms with E-state index in [1.807, 2.05) is 0 Å². The molecule has 40 heavy (non-hydrogen) atoms. The Bertz CT molecular complexity index is 1540. The minimum atomic E-state index is -1.20. The zero-order valence-electron chi connectivity index (χ0n) is 21.6. The van der Waals surface area contributed by atoms with Crippen LogP contribution >= 0.6 is 0 Å². The maximum Gasteiger partial charge on any atom is 0.335 e. The molecule has 1 unspecified atom stereocenters. The fraction of sp³-hybridized carbons (Fsp3) is 0.179. The van der Waals surface area contributed by atoms with Gasteiger partial charge in [-0.05, 0) is 47.9 Å². The Morgan fingerprint density at radius 3 is 2.08 bits per heavy atom. The largest absolute Gasteiger partial charge is 0.493 e. The maximum absolute atomic E-state index is 13.3. The quantitative estimate of drug-likeness (QED) is 0.0909. The molecule has 3 aromatic carbocycles. The third kappa shape index (κ3) is 5.27. The highest BCUT2D eigenvalue weighted by atomic mass is 16.6. The summed E-state index contributed by atoms with van der Waals surface area (Å²) in [4.78, 5) is 61.1. The molecule has 1 aliphatic rings. The van der Waals surface area contributed by atoms with Gasteiger partial charge in [-0.25, -0.2) is 4.79 Å². The summed E-state index contributed by atoms with van der Waals surface area (Å²) >= 11 is 0. The van der Waals surface area contributed by atoms with Crippen molar-refractivity contribution in [2.75, 3.05) is 7.11 Å². The Hall–Kier alpha value is -5.39. The number of benzene rings is 3. The predicted molar refractivity (Wildman–Crippen MR) is 143 cm³/mol. The van der Waals surface area contributed by atoms with E-state index in [0.29, 0.717) is 5.56 Å². The minimum Gasteiger partial charge on any atom is -0.493 e. The number of nitrogens with zero attached hydrogens (tertiary/aromatic N) is 3. The first kappa shape index (κ1) is 27.6. The molecule has 0 radical (unpaired) electrons. The number of carbonyl (C=O) groups excluding carboxylic acids is 3. The van der Waals surface area contributed by atoms with Crippen molar-refractivity contribution in [2.24, 2.45) is 5.92 Å². The van der Waals surface area contributed by atoms with Crippen LogP contribution in [-0.2, 0) is 4.79 Å². The molecular weight excluding hydrogens is 522 g/mol. The number of hydrogen-bond acceptors (Lipinski definition) is 9. The Morgan fingerprint density at radius 2 is 1.52 bits per heavy atom. The molecule has 0 N–H and O–H groups in total. The van der Waals surface area contributed by atoms with Crippen LogP contribution < -0.4 is 9.47 Å². The van der Waals surface area contributed by atoms with Crippen LogP contribution in [0.25, 0.3) is 12.2 Å². The number of non-ortho nitro benzene ring substituents is 1. The first-order chi connectivity index (χ1) is 19.0. The van der Waals surface area contributed by atoms with Gasteiger partial charge in [-0.3, -0.25) is 34.7 Å². The second kappa shape index (κ2) is 11.2. The molecule has 12 heteroatoms. The summed E-state index contributed by atoms with van der Waals surface area (Å²) in [5.41, 5.74) is 0.255. The van der Waals surface area contributed by atoms with E-state index in [0.717, 1.165) is 17.0 Å².